The van der Waals surface area contributed by atoms with Gasteiger partial charge in [-0.1, -0.05) is 13.8 Å². The summed E-state index contributed by atoms with van der Waals surface area (Å²) in [4.78, 5) is 15.6. The first-order valence-corrected chi connectivity index (χ1v) is 6.37. The van der Waals surface area contributed by atoms with Gasteiger partial charge >= 0.3 is 5.97 Å². The maximum atomic E-state index is 11.0. The molecule has 1 aliphatic rings. The van der Waals surface area contributed by atoms with Gasteiger partial charge in [0.1, 0.15) is 0 Å². The fourth-order valence-electron chi connectivity index (χ4n) is 2.92. The van der Waals surface area contributed by atoms with Gasteiger partial charge in [0.2, 0.25) is 0 Å². The van der Waals surface area contributed by atoms with E-state index in [1.54, 1.807) is 0 Å². The third kappa shape index (κ3) is 4.28. The van der Waals surface area contributed by atoms with Gasteiger partial charge in [0.05, 0.1) is 6.42 Å². The highest BCUT2D eigenvalue weighted by Crippen LogP contribution is 2.26. The van der Waals surface area contributed by atoms with Gasteiger partial charge in [-0.15, -0.1) is 0 Å². The van der Waals surface area contributed by atoms with Crippen LogP contribution in [0, 0.1) is 5.41 Å². The molecule has 1 aliphatic heterocycles. The molecular weight excluding hydrogens is 216 g/mol. The zero-order valence-corrected chi connectivity index (χ0v) is 11.7. The summed E-state index contributed by atoms with van der Waals surface area (Å²) in [7, 11) is 2.08. The van der Waals surface area contributed by atoms with E-state index in [0.717, 1.165) is 19.6 Å². The molecule has 0 aromatic carbocycles. The van der Waals surface area contributed by atoms with Gasteiger partial charge < -0.3 is 10.0 Å². The first-order valence-electron chi connectivity index (χ1n) is 6.37. The number of carboxylic acids is 1. The second kappa shape index (κ2) is 5.36. The third-order valence-corrected chi connectivity index (χ3v) is 3.37. The normalized spacial score (nSPS) is 27.1. The van der Waals surface area contributed by atoms with Crippen molar-refractivity contribution in [3.63, 3.8) is 0 Å². The molecule has 1 atom stereocenters. The molecule has 0 radical (unpaired) electrons. The summed E-state index contributed by atoms with van der Waals surface area (Å²) in [5.74, 6) is -0.700. The van der Waals surface area contributed by atoms with Crippen LogP contribution in [0.15, 0.2) is 0 Å². The first kappa shape index (κ1) is 14.5. The van der Waals surface area contributed by atoms with E-state index in [4.69, 9.17) is 5.11 Å². The number of rotatable bonds is 3. The van der Waals surface area contributed by atoms with Crippen LogP contribution >= 0.6 is 0 Å². The summed E-state index contributed by atoms with van der Waals surface area (Å²) in [5, 5.41) is 9.03. The Hall–Kier alpha value is -0.610. The maximum Gasteiger partial charge on any atom is 0.304 e. The second-order valence-electron chi connectivity index (χ2n) is 6.38. The number of nitrogens with zero attached hydrogens (tertiary/aromatic N) is 2. The lowest BCUT2D eigenvalue weighted by molar-refractivity contribution is -0.138. The standard InChI is InChI=1S/C13H26N2O2/c1-10(2)15-9-13(3,4)8-14(5)7-11(15)6-12(16)17/h10-11H,6-9H2,1-5H3,(H,16,17). The smallest absolute Gasteiger partial charge is 0.304 e. The molecule has 0 saturated carbocycles. The Morgan fingerprint density at radius 1 is 1.41 bits per heavy atom. The highest BCUT2D eigenvalue weighted by atomic mass is 16.4. The van der Waals surface area contributed by atoms with Gasteiger partial charge in [0, 0.05) is 31.7 Å². The minimum Gasteiger partial charge on any atom is -0.481 e. The van der Waals surface area contributed by atoms with E-state index < -0.39 is 5.97 Å². The maximum absolute atomic E-state index is 11.0. The van der Waals surface area contributed by atoms with Crippen molar-refractivity contribution in [1.29, 1.82) is 0 Å². The molecule has 0 spiro atoms. The third-order valence-electron chi connectivity index (χ3n) is 3.37. The topological polar surface area (TPSA) is 43.8 Å². The van der Waals surface area contributed by atoms with Gasteiger partial charge in [-0.05, 0) is 26.3 Å². The Balaban J connectivity index is 2.87. The monoisotopic (exact) mass is 242 g/mol. The summed E-state index contributed by atoms with van der Waals surface area (Å²) < 4.78 is 0. The van der Waals surface area contributed by atoms with E-state index in [-0.39, 0.29) is 17.9 Å². The molecular formula is C13H26N2O2. The zero-order valence-electron chi connectivity index (χ0n) is 11.7. The minimum atomic E-state index is -0.700. The van der Waals surface area contributed by atoms with E-state index in [1.807, 2.05) is 0 Å². The van der Waals surface area contributed by atoms with Gasteiger partial charge in [0.25, 0.3) is 0 Å². The Morgan fingerprint density at radius 3 is 2.47 bits per heavy atom. The molecule has 100 valence electrons. The number of aliphatic carboxylic acids is 1. The largest absolute Gasteiger partial charge is 0.481 e. The fraction of sp³-hybridized carbons (Fsp3) is 0.923. The van der Waals surface area contributed by atoms with Crippen molar-refractivity contribution in [1.82, 2.24) is 9.80 Å². The summed E-state index contributed by atoms with van der Waals surface area (Å²) in [5.41, 5.74) is 0.215. The first-order chi connectivity index (χ1) is 7.71. The molecule has 1 rings (SSSR count). The lowest BCUT2D eigenvalue weighted by atomic mass is 9.92. The Kier molecular flexibility index (Phi) is 4.55. The van der Waals surface area contributed by atoms with Crippen LogP contribution in [0.1, 0.15) is 34.1 Å². The van der Waals surface area contributed by atoms with Crippen molar-refractivity contribution in [2.45, 2.75) is 46.2 Å². The van der Waals surface area contributed by atoms with Crippen molar-refractivity contribution in [2.24, 2.45) is 5.41 Å². The van der Waals surface area contributed by atoms with Crippen molar-refractivity contribution in [3.8, 4) is 0 Å². The summed E-state index contributed by atoms with van der Waals surface area (Å²) in [6, 6.07) is 0.518. The molecule has 0 aliphatic carbocycles. The molecule has 1 saturated heterocycles. The van der Waals surface area contributed by atoms with Crippen molar-refractivity contribution in [3.05, 3.63) is 0 Å². The van der Waals surface area contributed by atoms with E-state index >= 15 is 0 Å². The minimum absolute atomic E-state index is 0.124. The van der Waals surface area contributed by atoms with E-state index in [9.17, 15) is 4.79 Å². The number of carbonyl (C=O) groups is 1. The van der Waals surface area contributed by atoms with Crippen molar-refractivity contribution >= 4 is 5.97 Å². The van der Waals surface area contributed by atoms with Crippen molar-refractivity contribution in [2.75, 3.05) is 26.7 Å². The molecule has 4 nitrogen and oxygen atoms in total. The van der Waals surface area contributed by atoms with Gasteiger partial charge in [-0.3, -0.25) is 9.69 Å². The van der Waals surface area contributed by atoms with Crippen LogP contribution in [0.4, 0.5) is 0 Å². The quantitative estimate of drug-likeness (QED) is 0.815. The number of likely N-dealkylation sites (N-methyl/N-ethyl adjacent to an activating group) is 1. The van der Waals surface area contributed by atoms with E-state index in [1.165, 1.54) is 0 Å². The number of hydrogen-bond acceptors (Lipinski definition) is 3. The molecule has 17 heavy (non-hydrogen) atoms. The highest BCUT2D eigenvalue weighted by molar-refractivity contribution is 5.67. The van der Waals surface area contributed by atoms with E-state index in [0.29, 0.717) is 6.04 Å². The predicted octanol–water partition coefficient (Wildman–Crippen LogP) is 1.51. The molecule has 1 heterocycles. The Labute approximate surface area is 105 Å². The molecule has 1 fully saturated rings. The van der Waals surface area contributed by atoms with Crippen LogP contribution in [0.3, 0.4) is 0 Å². The lowest BCUT2D eigenvalue weighted by Crippen LogP contribution is -2.46. The van der Waals surface area contributed by atoms with Gasteiger partial charge in [-0.2, -0.15) is 0 Å². The molecule has 0 bridgehead atoms. The predicted molar refractivity (Wildman–Crippen MR) is 69.2 cm³/mol. The van der Waals surface area contributed by atoms with Crippen molar-refractivity contribution < 1.29 is 9.90 Å². The molecule has 0 amide bonds. The average Bonchev–Trinajstić information content (AvgIpc) is 2.20. The molecule has 1 N–H and O–H groups in total. The van der Waals surface area contributed by atoms with Crippen LogP contribution < -0.4 is 0 Å². The summed E-state index contributed by atoms with van der Waals surface area (Å²) in [6.45, 7) is 11.6. The number of hydrogen-bond donors (Lipinski definition) is 1. The summed E-state index contributed by atoms with van der Waals surface area (Å²) >= 11 is 0. The second-order valence-corrected chi connectivity index (χ2v) is 6.38. The average molecular weight is 242 g/mol. The van der Waals surface area contributed by atoms with Gasteiger partial charge in [0.15, 0.2) is 0 Å². The number of carboxylic acid groups (broad SMARTS) is 1. The lowest BCUT2D eigenvalue weighted by Gasteiger charge is -2.36. The van der Waals surface area contributed by atoms with Gasteiger partial charge in [-0.25, -0.2) is 0 Å². The molecule has 0 aromatic heterocycles. The molecule has 4 heteroatoms. The fourth-order valence-corrected chi connectivity index (χ4v) is 2.92. The van der Waals surface area contributed by atoms with Crippen LogP contribution in [0.25, 0.3) is 0 Å². The summed E-state index contributed by atoms with van der Waals surface area (Å²) in [6.07, 6.45) is 0.235. The van der Waals surface area contributed by atoms with Crippen LogP contribution in [-0.2, 0) is 4.79 Å². The van der Waals surface area contributed by atoms with Crippen LogP contribution in [-0.4, -0.2) is 59.6 Å². The highest BCUT2D eigenvalue weighted by Gasteiger charge is 2.34. The SMILES string of the molecule is CC(C)N1CC(C)(C)CN(C)CC1CC(=O)O. The molecule has 0 aromatic rings. The van der Waals surface area contributed by atoms with Crippen LogP contribution in [0.5, 0.6) is 0 Å². The Morgan fingerprint density at radius 2 is 2.00 bits per heavy atom. The zero-order chi connectivity index (χ0) is 13.2. The molecule has 1 unspecified atom stereocenters. The van der Waals surface area contributed by atoms with E-state index in [2.05, 4.69) is 44.5 Å². The Bertz CT molecular complexity index is 277. The van der Waals surface area contributed by atoms with Crippen LogP contribution in [0.2, 0.25) is 0 Å².